The second kappa shape index (κ2) is 5.88. The van der Waals surface area contributed by atoms with Gasteiger partial charge in [-0.15, -0.1) is 10.2 Å². The van der Waals surface area contributed by atoms with E-state index in [9.17, 15) is 10.1 Å². The van der Waals surface area contributed by atoms with Gasteiger partial charge in [-0.1, -0.05) is 17.8 Å². The first-order valence-corrected chi connectivity index (χ1v) is 6.74. The second-order valence-electron chi connectivity index (χ2n) is 4.13. The van der Waals surface area contributed by atoms with Crippen molar-refractivity contribution < 1.29 is 4.92 Å². The fourth-order valence-electron chi connectivity index (χ4n) is 1.60. The van der Waals surface area contributed by atoms with Crippen LogP contribution in [-0.4, -0.2) is 19.7 Å². The molecule has 0 amide bonds. The summed E-state index contributed by atoms with van der Waals surface area (Å²) < 4.78 is 1.87. The number of nitrogens with two attached hydrogens (primary N) is 1. The van der Waals surface area contributed by atoms with E-state index in [0.29, 0.717) is 11.4 Å². The molecule has 0 unspecified atom stereocenters. The highest BCUT2D eigenvalue weighted by atomic mass is 32.2. The minimum atomic E-state index is -0.462. The predicted molar refractivity (Wildman–Crippen MR) is 76.2 cm³/mol. The number of hydrazine groups is 1. The van der Waals surface area contributed by atoms with E-state index < -0.39 is 4.92 Å². The molecule has 1 heterocycles. The number of hydrogen-bond acceptors (Lipinski definition) is 7. The summed E-state index contributed by atoms with van der Waals surface area (Å²) in [6, 6.07) is 4.89. The highest BCUT2D eigenvalue weighted by molar-refractivity contribution is 7.98. The number of aromatic nitrogens is 3. The average molecular weight is 294 g/mol. The summed E-state index contributed by atoms with van der Waals surface area (Å²) in [5, 5.41) is 19.7. The summed E-state index contributed by atoms with van der Waals surface area (Å²) >= 11 is 1.47. The van der Waals surface area contributed by atoms with E-state index in [0.717, 1.165) is 16.5 Å². The molecule has 20 heavy (non-hydrogen) atoms. The molecule has 2 aromatic rings. The van der Waals surface area contributed by atoms with Crippen LogP contribution in [0.3, 0.4) is 0 Å². The lowest BCUT2D eigenvalue weighted by Gasteiger charge is -2.05. The molecule has 106 valence electrons. The summed E-state index contributed by atoms with van der Waals surface area (Å²) in [5.74, 6) is 6.63. The van der Waals surface area contributed by atoms with Crippen LogP contribution in [0.15, 0.2) is 23.4 Å². The number of rotatable bonds is 5. The van der Waals surface area contributed by atoms with Gasteiger partial charge in [-0.05, 0) is 18.6 Å². The number of nitro groups is 1. The smallest absolute Gasteiger partial charge is 0.293 e. The highest BCUT2D eigenvalue weighted by Gasteiger charge is 2.14. The van der Waals surface area contributed by atoms with Crippen LogP contribution in [-0.2, 0) is 12.8 Å². The maximum absolute atomic E-state index is 10.9. The molecule has 0 radical (unpaired) electrons. The molecule has 0 aliphatic heterocycles. The monoisotopic (exact) mass is 294 g/mol. The molecule has 2 rings (SSSR count). The van der Waals surface area contributed by atoms with E-state index in [2.05, 4.69) is 15.6 Å². The molecule has 0 aliphatic rings. The third-order valence-corrected chi connectivity index (χ3v) is 3.93. The first-order chi connectivity index (χ1) is 9.52. The van der Waals surface area contributed by atoms with Gasteiger partial charge in [0.25, 0.3) is 5.69 Å². The van der Waals surface area contributed by atoms with E-state index in [4.69, 9.17) is 5.84 Å². The summed E-state index contributed by atoms with van der Waals surface area (Å²) in [5.41, 5.74) is 3.38. The third-order valence-electron chi connectivity index (χ3n) is 2.83. The van der Waals surface area contributed by atoms with Crippen molar-refractivity contribution in [2.24, 2.45) is 12.9 Å². The molecular weight excluding hydrogens is 280 g/mol. The Balaban J connectivity index is 2.16. The van der Waals surface area contributed by atoms with Crippen LogP contribution in [0.1, 0.15) is 11.4 Å². The number of nitro benzene ring substituents is 1. The Bertz CT molecular complexity index is 642. The third kappa shape index (κ3) is 2.89. The molecule has 0 aliphatic carbocycles. The predicted octanol–water partition coefficient (Wildman–Crippen LogP) is 1.61. The zero-order valence-electron chi connectivity index (χ0n) is 11.0. The topological polar surface area (TPSA) is 112 Å². The second-order valence-corrected chi connectivity index (χ2v) is 5.07. The number of thioether (sulfide) groups is 1. The van der Waals surface area contributed by atoms with E-state index in [1.807, 2.05) is 18.5 Å². The minimum Gasteiger partial charge on any atom is -0.318 e. The van der Waals surface area contributed by atoms with E-state index in [1.165, 1.54) is 17.8 Å². The molecule has 0 spiro atoms. The van der Waals surface area contributed by atoms with Crippen molar-refractivity contribution >= 4 is 23.1 Å². The molecule has 0 bridgehead atoms. The van der Waals surface area contributed by atoms with Gasteiger partial charge in [-0.2, -0.15) is 0 Å². The fourth-order valence-corrected chi connectivity index (χ4v) is 2.50. The van der Waals surface area contributed by atoms with Crippen molar-refractivity contribution in [3.05, 3.63) is 39.7 Å². The number of nitrogen functional groups attached to an aromatic ring is 1. The van der Waals surface area contributed by atoms with Gasteiger partial charge in [0.05, 0.1) is 4.92 Å². The fraction of sp³-hybridized carbons (Fsp3) is 0.273. The van der Waals surface area contributed by atoms with E-state index in [-0.39, 0.29) is 5.69 Å². The van der Waals surface area contributed by atoms with Gasteiger partial charge in [0, 0.05) is 18.9 Å². The van der Waals surface area contributed by atoms with Crippen LogP contribution >= 0.6 is 11.8 Å². The molecule has 0 atom stereocenters. The lowest BCUT2D eigenvalue weighted by atomic mass is 10.2. The van der Waals surface area contributed by atoms with Crippen LogP contribution < -0.4 is 11.3 Å². The maximum Gasteiger partial charge on any atom is 0.293 e. The Morgan fingerprint density at radius 2 is 2.25 bits per heavy atom. The van der Waals surface area contributed by atoms with Gasteiger partial charge < -0.3 is 9.99 Å². The van der Waals surface area contributed by atoms with E-state index in [1.54, 1.807) is 12.1 Å². The zero-order valence-corrected chi connectivity index (χ0v) is 11.8. The van der Waals surface area contributed by atoms with Crippen LogP contribution in [0.25, 0.3) is 0 Å². The maximum atomic E-state index is 10.9. The number of aryl methyl sites for hydroxylation is 1. The summed E-state index contributed by atoms with van der Waals surface area (Å²) in [6.45, 7) is 1.86. The first-order valence-electron chi connectivity index (χ1n) is 5.75. The van der Waals surface area contributed by atoms with Gasteiger partial charge in [0.15, 0.2) is 5.16 Å². The molecule has 1 aromatic carbocycles. The molecule has 1 aromatic heterocycles. The normalized spacial score (nSPS) is 10.6. The molecule has 9 heteroatoms. The molecule has 8 nitrogen and oxygen atoms in total. The van der Waals surface area contributed by atoms with Crippen molar-refractivity contribution in [3.63, 3.8) is 0 Å². The molecule has 0 saturated heterocycles. The summed E-state index contributed by atoms with van der Waals surface area (Å²) in [4.78, 5) is 10.5. The van der Waals surface area contributed by atoms with Crippen molar-refractivity contribution in [2.45, 2.75) is 17.8 Å². The van der Waals surface area contributed by atoms with Gasteiger partial charge >= 0.3 is 0 Å². The Morgan fingerprint density at radius 3 is 2.80 bits per heavy atom. The summed E-state index contributed by atoms with van der Waals surface area (Å²) in [6.07, 6.45) is 0. The number of hydrogen-bond donors (Lipinski definition) is 2. The number of anilines is 1. The largest absolute Gasteiger partial charge is 0.318 e. The van der Waals surface area contributed by atoms with Gasteiger partial charge in [0.2, 0.25) is 0 Å². The molecule has 3 N–H and O–H groups in total. The number of nitrogens with one attached hydrogen (secondary N) is 1. The van der Waals surface area contributed by atoms with Gasteiger partial charge in [0.1, 0.15) is 11.5 Å². The lowest BCUT2D eigenvalue weighted by molar-refractivity contribution is -0.384. The first kappa shape index (κ1) is 14.3. The van der Waals surface area contributed by atoms with Crippen molar-refractivity contribution in [2.75, 3.05) is 5.43 Å². The Morgan fingerprint density at radius 1 is 1.50 bits per heavy atom. The molecule has 0 saturated carbocycles. The Labute approximate surface area is 119 Å². The number of nitrogens with zero attached hydrogens (tertiary/aromatic N) is 4. The minimum absolute atomic E-state index is 0.0419. The SMILES string of the molecule is Cc1nnc(SCc2ccc(NN)c([N+](=O)[O-])c2)n1C. The van der Waals surface area contributed by atoms with Gasteiger partial charge in [-0.25, -0.2) is 0 Å². The molecule has 0 fully saturated rings. The van der Waals surface area contributed by atoms with Crippen molar-refractivity contribution in [1.29, 1.82) is 0 Å². The van der Waals surface area contributed by atoms with Crippen molar-refractivity contribution in [3.8, 4) is 0 Å². The van der Waals surface area contributed by atoms with Crippen LogP contribution in [0.2, 0.25) is 0 Å². The van der Waals surface area contributed by atoms with Crippen LogP contribution in [0, 0.1) is 17.0 Å². The average Bonchev–Trinajstić information content (AvgIpc) is 2.76. The van der Waals surface area contributed by atoms with Gasteiger partial charge in [-0.3, -0.25) is 16.0 Å². The van der Waals surface area contributed by atoms with Crippen LogP contribution in [0.5, 0.6) is 0 Å². The highest BCUT2D eigenvalue weighted by Crippen LogP contribution is 2.28. The standard InChI is InChI=1S/C11H14N6O2S/c1-7-14-15-11(16(7)2)20-6-8-3-4-9(13-12)10(5-8)17(18)19/h3-5,13H,6,12H2,1-2H3. The number of benzene rings is 1. The Hall–Kier alpha value is -2.13. The lowest BCUT2D eigenvalue weighted by Crippen LogP contribution is -2.09. The van der Waals surface area contributed by atoms with Crippen LogP contribution in [0.4, 0.5) is 11.4 Å². The van der Waals surface area contributed by atoms with E-state index >= 15 is 0 Å². The summed E-state index contributed by atoms with van der Waals surface area (Å²) in [7, 11) is 1.88. The quantitative estimate of drug-likeness (QED) is 0.373. The zero-order chi connectivity index (χ0) is 14.7. The van der Waals surface area contributed by atoms with Crippen molar-refractivity contribution in [1.82, 2.24) is 14.8 Å². The Kier molecular flexibility index (Phi) is 4.20. The molecular formula is C11H14N6O2S.